The molecule has 1 aromatic carbocycles. The SMILES string of the molecule is Fc1ccc(C[C@@H]2CN(c3ncccn3)CCO2)cc1. The van der Waals surface area contributed by atoms with Crippen LogP contribution in [0.15, 0.2) is 42.7 Å². The zero-order valence-electron chi connectivity index (χ0n) is 11.1. The first-order chi connectivity index (χ1) is 9.81. The van der Waals surface area contributed by atoms with E-state index < -0.39 is 0 Å². The Hall–Kier alpha value is -2.01. The van der Waals surface area contributed by atoms with Gasteiger partial charge in [0.15, 0.2) is 0 Å². The van der Waals surface area contributed by atoms with Crippen LogP contribution in [0.4, 0.5) is 10.3 Å². The number of hydrogen-bond acceptors (Lipinski definition) is 4. The average Bonchev–Trinajstić information content (AvgIpc) is 2.51. The van der Waals surface area contributed by atoms with Crippen LogP contribution in [0.25, 0.3) is 0 Å². The third-order valence-electron chi connectivity index (χ3n) is 3.35. The van der Waals surface area contributed by atoms with Crippen LogP contribution in [0, 0.1) is 5.82 Å². The summed E-state index contributed by atoms with van der Waals surface area (Å²) in [7, 11) is 0. The van der Waals surface area contributed by atoms with E-state index in [1.165, 1.54) is 12.1 Å². The highest BCUT2D eigenvalue weighted by atomic mass is 19.1. The van der Waals surface area contributed by atoms with Gasteiger partial charge < -0.3 is 9.64 Å². The molecule has 0 aliphatic carbocycles. The first-order valence-electron chi connectivity index (χ1n) is 6.69. The summed E-state index contributed by atoms with van der Waals surface area (Å²) >= 11 is 0. The van der Waals surface area contributed by atoms with Crippen molar-refractivity contribution in [2.75, 3.05) is 24.6 Å². The van der Waals surface area contributed by atoms with Gasteiger partial charge in [0, 0.05) is 31.9 Å². The van der Waals surface area contributed by atoms with Crippen LogP contribution >= 0.6 is 0 Å². The lowest BCUT2D eigenvalue weighted by molar-refractivity contribution is 0.0405. The molecule has 3 rings (SSSR count). The van der Waals surface area contributed by atoms with E-state index in [0.717, 1.165) is 31.0 Å². The number of nitrogens with zero attached hydrogens (tertiary/aromatic N) is 3. The Bertz CT molecular complexity index is 547. The smallest absolute Gasteiger partial charge is 0.225 e. The lowest BCUT2D eigenvalue weighted by atomic mass is 10.1. The largest absolute Gasteiger partial charge is 0.374 e. The number of hydrogen-bond donors (Lipinski definition) is 0. The summed E-state index contributed by atoms with van der Waals surface area (Å²) in [6.45, 7) is 2.20. The summed E-state index contributed by atoms with van der Waals surface area (Å²) in [5, 5.41) is 0. The fourth-order valence-electron chi connectivity index (χ4n) is 2.36. The van der Waals surface area contributed by atoms with Crippen molar-refractivity contribution in [3.05, 3.63) is 54.1 Å². The fraction of sp³-hybridized carbons (Fsp3) is 0.333. The van der Waals surface area contributed by atoms with Crippen molar-refractivity contribution in [2.45, 2.75) is 12.5 Å². The molecule has 1 atom stereocenters. The molecule has 0 spiro atoms. The molecule has 0 N–H and O–H groups in total. The third-order valence-corrected chi connectivity index (χ3v) is 3.35. The topological polar surface area (TPSA) is 38.2 Å². The van der Waals surface area contributed by atoms with Gasteiger partial charge in [0.1, 0.15) is 5.82 Å². The first kappa shape index (κ1) is 13.0. The molecule has 4 nitrogen and oxygen atoms in total. The molecule has 1 aliphatic heterocycles. The van der Waals surface area contributed by atoms with Crippen molar-refractivity contribution in [1.82, 2.24) is 9.97 Å². The molecule has 2 heterocycles. The number of anilines is 1. The molecule has 1 aliphatic rings. The highest BCUT2D eigenvalue weighted by molar-refractivity contribution is 5.29. The maximum Gasteiger partial charge on any atom is 0.225 e. The van der Waals surface area contributed by atoms with Crippen LogP contribution in [0.1, 0.15) is 5.56 Å². The van der Waals surface area contributed by atoms with Gasteiger partial charge in [-0.25, -0.2) is 14.4 Å². The summed E-state index contributed by atoms with van der Waals surface area (Å²) < 4.78 is 18.7. The highest BCUT2D eigenvalue weighted by Crippen LogP contribution is 2.15. The number of ether oxygens (including phenoxy) is 1. The molecule has 2 aromatic rings. The lowest BCUT2D eigenvalue weighted by Gasteiger charge is -2.33. The second-order valence-electron chi connectivity index (χ2n) is 4.82. The Morgan fingerprint density at radius 3 is 2.70 bits per heavy atom. The number of halogens is 1. The maximum atomic E-state index is 12.9. The van der Waals surface area contributed by atoms with E-state index in [2.05, 4.69) is 14.9 Å². The fourth-order valence-corrected chi connectivity index (χ4v) is 2.36. The Labute approximate surface area is 117 Å². The standard InChI is InChI=1S/C15H16FN3O/c16-13-4-2-12(3-5-13)10-14-11-19(8-9-20-14)15-17-6-1-7-18-15/h1-7,14H,8-11H2/t14-/m1/s1. The Kier molecular flexibility index (Phi) is 3.87. The van der Waals surface area contributed by atoms with Gasteiger partial charge in [-0.05, 0) is 23.8 Å². The molecule has 1 fully saturated rings. The van der Waals surface area contributed by atoms with Crippen molar-refractivity contribution in [3.63, 3.8) is 0 Å². The second-order valence-corrected chi connectivity index (χ2v) is 4.82. The third kappa shape index (κ3) is 3.11. The maximum absolute atomic E-state index is 12.9. The molecule has 0 radical (unpaired) electrons. The molecule has 20 heavy (non-hydrogen) atoms. The summed E-state index contributed by atoms with van der Waals surface area (Å²) in [4.78, 5) is 10.7. The molecule has 0 saturated carbocycles. The molecule has 0 unspecified atom stereocenters. The molecule has 1 saturated heterocycles. The minimum absolute atomic E-state index is 0.0815. The predicted molar refractivity (Wildman–Crippen MR) is 74.1 cm³/mol. The Morgan fingerprint density at radius 1 is 1.20 bits per heavy atom. The summed E-state index contributed by atoms with van der Waals surface area (Å²) in [6, 6.07) is 8.37. The zero-order chi connectivity index (χ0) is 13.8. The molecule has 0 amide bonds. The molecule has 0 bridgehead atoms. The quantitative estimate of drug-likeness (QED) is 0.858. The Balaban J connectivity index is 1.65. The number of rotatable bonds is 3. The monoisotopic (exact) mass is 273 g/mol. The number of benzene rings is 1. The Morgan fingerprint density at radius 2 is 1.95 bits per heavy atom. The van der Waals surface area contributed by atoms with Gasteiger partial charge in [-0.3, -0.25) is 0 Å². The normalized spacial score (nSPS) is 19.1. The van der Waals surface area contributed by atoms with Crippen LogP contribution in [0.2, 0.25) is 0 Å². The van der Waals surface area contributed by atoms with Crippen LogP contribution < -0.4 is 4.90 Å². The van der Waals surface area contributed by atoms with E-state index >= 15 is 0 Å². The number of aromatic nitrogens is 2. The molecule has 104 valence electrons. The lowest BCUT2D eigenvalue weighted by Crippen LogP contribution is -2.44. The molecule has 1 aromatic heterocycles. The number of morpholine rings is 1. The second kappa shape index (κ2) is 5.96. The van der Waals surface area contributed by atoms with E-state index in [-0.39, 0.29) is 11.9 Å². The van der Waals surface area contributed by atoms with Crippen LogP contribution in [-0.2, 0) is 11.2 Å². The molecule has 5 heteroatoms. The van der Waals surface area contributed by atoms with Crippen LogP contribution in [-0.4, -0.2) is 35.8 Å². The summed E-state index contributed by atoms with van der Waals surface area (Å²) in [6.07, 6.45) is 4.33. The van der Waals surface area contributed by atoms with E-state index in [9.17, 15) is 4.39 Å². The molecular weight excluding hydrogens is 257 g/mol. The minimum atomic E-state index is -0.211. The van der Waals surface area contributed by atoms with Crippen molar-refractivity contribution in [1.29, 1.82) is 0 Å². The summed E-state index contributed by atoms with van der Waals surface area (Å²) in [5.41, 5.74) is 1.08. The summed E-state index contributed by atoms with van der Waals surface area (Å²) in [5.74, 6) is 0.525. The van der Waals surface area contributed by atoms with Crippen molar-refractivity contribution < 1.29 is 9.13 Å². The van der Waals surface area contributed by atoms with Gasteiger partial charge in [-0.1, -0.05) is 12.1 Å². The van der Waals surface area contributed by atoms with Gasteiger partial charge in [0.2, 0.25) is 5.95 Å². The van der Waals surface area contributed by atoms with E-state index in [1.807, 2.05) is 0 Å². The van der Waals surface area contributed by atoms with Crippen molar-refractivity contribution in [3.8, 4) is 0 Å². The van der Waals surface area contributed by atoms with E-state index in [0.29, 0.717) is 6.61 Å². The van der Waals surface area contributed by atoms with Gasteiger partial charge in [-0.2, -0.15) is 0 Å². The van der Waals surface area contributed by atoms with Gasteiger partial charge >= 0.3 is 0 Å². The van der Waals surface area contributed by atoms with Crippen molar-refractivity contribution in [2.24, 2.45) is 0 Å². The zero-order valence-corrected chi connectivity index (χ0v) is 11.1. The van der Waals surface area contributed by atoms with Gasteiger partial charge in [0.05, 0.1) is 12.7 Å². The average molecular weight is 273 g/mol. The van der Waals surface area contributed by atoms with Crippen LogP contribution in [0.5, 0.6) is 0 Å². The van der Waals surface area contributed by atoms with Gasteiger partial charge in [0.25, 0.3) is 0 Å². The van der Waals surface area contributed by atoms with Gasteiger partial charge in [-0.15, -0.1) is 0 Å². The van der Waals surface area contributed by atoms with Crippen molar-refractivity contribution >= 4 is 5.95 Å². The first-order valence-corrected chi connectivity index (χ1v) is 6.69. The molecular formula is C15H16FN3O. The van der Waals surface area contributed by atoms with Crippen LogP contribution in [0.3, 0.4) is 0 Å². The van der Waals surface area contributed by atoms with E-state index in [4.69, 9.17) is 4.74 Å². The predicted octanol–water partition coefficient (Wildman–Crippen LogP) is 2.06. The highest BCUT2D eigenvalue weighted by Gasteiger charge is 2.22. The van der Waals surface area contributed by atoms with E-state index in [1.54, 1.807) is 30.6 Å². The minimum Gasteiger partial charge on any atom is -0.374 e.